The zero-order chi connectivity index (χ0) is 13.0. The monoisotopic (exact) mass is 242 g/mol. The molecule has 0 aromatic heterocycles. The molecule has 0 aliphatic rings. The van der Waals surface area contributed by atoms with E-state index in [-0.39, 0.29) is 11.9 Å². The smallest absolute Gasteiger partial charge is 0.167 e. The highest BCUT2D eigenvalue weighted by atomic mass is 19.1. The van der Waals surface area contributed by atoms with E-state index in [1.54, 1.807) is 6.92 Å². The van der Waals surface area contributed by atoms with Crippen molar-refractivity contribution in [2.24, 2.45) is 0 Å². The van der Waals surface area contributed by atoms with Crippen LogP contribution in [-0.4, -0.2) is 23.9 Å². The molecule has 1 aromatic rings. The van der Waals surface area contributed by atoms with E-state index < -0.39 is 11.9 Å². The highest BCUT2D eigenvalue weighted by molar-refractivity contribution is 5.68. The average Bonchev–Trinajstić information content (AvgIpc) is 2.19. The molecule has 1 unspecified atom stereocenters. The Morgan fingerprint density at radius 1 is 1.41 bits per heavy atom. The van der Waals surface area contributed by atoms with Crippen LogP contribution in [0.4, 0.5) is 15.8 Å². The first-order chi connectivity index (χ1) is 7.90. The van der Waals surface area contributed by atoms with Crippen molar-refractivity contribution in [1.82, 2.24) is 0 Å². The summed E-state index contributed by atoms with van der Waals surface area (Å²) in [5.74, 6) is -0.332. The molecule has 0 saturated heterocycles. The first-order valence-corrected chi connectivity index (χ1v) is 5.57. The van der Waals surface area contributed by atoms with Gasteiger partial charge in [0.25, 0.3) is 0 Å². The van der Waals surface area contributed by atoms with Gasteiger partial charge in [0.05, 0.1) is 23.6 Å². The van der Waals surface area contributed by atoms with Crippen LogP contribution in [0.25, 0.3) is 0 Å². The first kappa shape index (κ1) is 13.6. The zero-order valence-electron chi connectivity index (χ0n) is 10.3. The number of hydrogen-bond donors (Lipinski definition) is 3. The van der Waals surface area contributed by atoms with E-state index in [0.29, 0.717) is 17.9 Å². The Kier molecular flexibility index (Phi) is 4.57. The topological polar surface area (TPSA) is 67.5 Å². The van der Waals surface area contributed by atoms with Crippen molar-refractivity contribution < 1.29 is 14.2 Å². The predicted molar refractivity (Wildman–Crippen MR) is 66.7 cm³/mol. The molecule has 17 heavy (non-hydrogen) atoms. The summed E-state index contributed by atoms with van der Waals surface area (Å²) >= 11 is 0. The second-order valence-corrected chi connectivity index (χ2v) is 4.27. The SMILES string of the molecule is CC(O)CNc1cc(OC(C)C)c(F)cc1N. The van der Waals surface area contributed by atoms with Crippen LogP contribution < -0.4 is 15.8 Å². The van der Waals surface area contributed by atoms with Gasteiger partial charge in [-0.3, -0.25) is 0 Å². The molecule has 96 valence electrons. The van der Waals surface area contributed by atoms with Crippen LogP contribution in [0.3, 0.4) is 0 Å². The fraction of sp³-hybridized carbons (Fsp3) is 0.500. The zero-order valence-corrected chi connectivity index (χ0v) is 10.3. The van der Waals surface area contributed by atoms with Crippen molar-refractivity contribution >= 4 is 11.4 Å². The fourth-order valence-corrected chi connectivity index (χ4v) is 1.32. The molecule has 0 heterocycles. The number of ether oxygens (including phenoxy) is 1. The second kappa shape index (κ2) is 5.72. The largest absolute Gasteiger partial charge is 0.488 e. The van der Waals surface area contributed by atoms with Gasteiger partial charge in [-0.25, -0.2) is 4.39 Å². The standard InChI is InChI=1S/C12H19FN2O2/c1-7(2)17-12-5-11(15-6-8(3)16)10(14)4-9(12)13/h4-5,7-8,15-16H,6,14H2,1-3H3. The van der Waals surface area contributed by atoms with Crippen molar-refractivity contribution in [2.75, 3.05) is 17.6 Å². The number of anilines is 2. The van der Waals surface area contributed by atoms with Gasteiger partial charge < -0.3 is 20.9 Å². The molecular formula is C12H19FN2O2. The van der Waals surface area contributed by atoms with E-state index in [9.17, 15) is 4.39 Å². The third-order valence-electron chi connectivity index (χ3n) is 2.05. The van der Waals surface area contributed by atoms with Crippen LogP contribution in [0.5, 0.6) is 5.75 Å². The predicted octanol–water partition coefficient (Wildman–Crippen LogP) is 1.99. The van der Waals surface area contributed by atoms with Gasteiger partial charge >= 0.3 is 0 Å². The van der Waals surface area contributed by atoms with E-state index in [0.717, 1.165) is 0 Å². The maximum atomic E-state index is 13.5. The van der Waals surface area contributed by atoms with Gasteiger partial charge in [-0.15, -0.1) is 0 Å². The Bertz CT molecular complexity index is 381. The molecule has 1 atom stereocenters. The molecule has 0 amide bonds. The molecule has 0 saturated carbocycles. The third-order valence-corrected chi connectivity index (χ3v) is 2.05. The lowest BCUT2D eigenvalue weighted by atomic mass is 10.2. The van der Waals surface area contributed by atoms with Crippen LogP contribution in [0.2, 0.25) is 0 Å². The number of benzene rings is 1. The van der Waals surface area contributed by atoms with E-state index in [1.165, 1.54) is 12.1 Å². The number of rotatable bonds is 5. The van der Waals surface area contributed by atoms with Gasteiger partial charge in [0.15, 0.2) is 11.6 Å². The Hall–Kier alpha value is -1.49. The van der Waals surface area contributed by atoms with E-state index in [4.69, 9.17) is 15.6 Å². The molecule has 4 nitrogen and oxygen atoms in total. The number of nitrogens with one attached hydrogen (secondary N) is 1. The minimum atomic E-state index is -0.506. The van der Waals surface area contributed by atoms with Crippen LogP contribution in [0, 0.1) is 5.82 Å². The number of nitrogens with two attached hydrogens (primary N) is 1. The lowest BCUT2D eigenvalue weighted by Crippen LogP contribution is -2.16. The highest BCUT2D eigenvalue weighted by Gasteiger charge is 2.10. The summed E-state index contributed by atoms with van der Waals surface area (Å²) in [7, 11) is 0. The van der Waals surface area contributed by atoms with Crippen molar-refractivity contribution in [3.8, 4) is 5.75 Å². The van der Waals surface area contributed by atoms with Crippen LogP contribution in [0.1, 0.15) is 20.8 Å². The third kappa shape index (κ3) is 4.11. The summed E-state index contributed by atoms with van der Waals surface area (Å²) in [4.78, 5) is 0. The molecule has 4 N–H and O–H groups in total. The van der Waals surface area contributed by atoms with E-state index >= 15 is 0 Å². The molecule has 0 radical (unpaired) electrons. The Labute approximate surface area is 101 Å². The van der Waals surface area contributed by atoms with Gasteiger partial charge in [-0.05, 0) is 20.8 Å². The lowest BCUT2D eigenvalue weighted by molar-refractivity contribution is 0.208. The Morgan fingerprint density at radius 2 is 2.06 bits per heavy atom. The maximum absolute atomic E-state index is 13.5. The van der Waals surface area contributed by atoms with E-state index in [2.05, 4.69) is 5.32 Å². The molecular weight excluding hydrogens is 223 g/mol. The summed E-state index contributed by atoms with van der Waals surface area (Å²) in [6.07, 6.45) is -0.619. The summed E-state index contributed by atoms with van der Waals surface area (Å²) < 4.78 is 18.8. The average molecular weight is 242 g/mol. The Balaban J connectivity index is 2.89. The van der Waals surface area contributed by atoms with Gasteiger partial charge in [0, 0.05) is 18.7 Å². The Morgan fingerprint density at radius 3 is 2.59 bits per heavy atom. The first-order valence-electron chi connectivity index (χ1n) is 5.57. The van der Waals surface area contributed by atoms with Crippen molar-refractivity contribution in [3.63, 3.8) is 0 Å². The molecule has 0 aliphatic carbocycles. The van der Waals surface area contributed by atoms with Gasteiger partial charge in [0.1, 0.15) is 0 Å². The van der Waals surface area contributed by atoms with Gasteiger partial charge in [-0.2, -0.15) is 0 Å². The molecule has 0 aliphatic heterocycles. The summed E-state index contributed by atoms with van der Waals surface area (Å²) in [6.45, 7) is 5.63. The van der Waals surface area contributed by atoms with E-state index in [1.807, 2.05) is 13.8 Å². The fourth-order valence-electron chi connectivity index (χ4n) is 1.32. The van der Waals surface area contributed by atoms with Crippen LogP contribution in [-0.2, 0) is 0 Å². The number of hydrogen-bond acceptors (Lipinski definition) is 4. The lowest BCUT2D eigenvalue weighted by Gasteiger charge is -2.15. The number of nitrogen functional groups attached to an aromatic ring is 1. The minimum Gasteiger partial charge on any atom is -0.488 e. The number of aliphatic hydroxyl groups is 1. The molecule has 0 bridgehead atoms. The van der Waals surface area contributed by atoms with Crippen LogP contribution in [0.15, 0.2) is 12.1 Å². The van der Waals surface area contributed by atoms with Gasteiger partial charge in [-0.1, -0.05) is 0 Å². The minimum absolute atomic E-state index is 0.113. The van der Waals surface area contributed by atoms with Crippen LogP contribution >= 0.6 is 0 Å². The number of halogens is 1. The number of aliphatic hydroxyl groups excluding tert-OH is 1. The molecule has 0 fully saturated rings. The summed E-state index contributed by atoms with van der Waals surface area (Å²) in [5, 5.41) is 12.1. The quantitative estimate of drug-likeness (QED) is 0.691. The second-order valence-electron chi connectivity index (χ2n) is 4.27. The van der Waals surface area contributed by atoms with Crippen molar-refractivity contribution in [3.05, 3.63) is 17.9 Å². The molecule has 1 rings (SSSR count). The highest BCUT2D eigenvalue weighted by Crippen LogP contribution is 2.28. The van der Waals surface area contributed by atoms with Gasteiger partial charge in [0.2, 0.25) is 0 Å². The van der Waals surface area contributed by atoms with Crippen molar-refractivity contribution in [1.29, 1.82) is 0 Å². The summed E-state index contributed by atoms with van der Waals surface area (Å²) in [5.41, 5.74) is 6.52. The normalized spacial score (nSPS) is 12.6. The summed E-state index contributed by atoms with van der Waals surface area (Å²) in [6, 6.07) is 2.72. The molecule has 5 heteroatoms. The molecule has 1 aromatic carbocycles. The molecule has 0 spiro atoms. The maximum Gasteiger partial charge on any atom is 0.167 e. The van der Waals surface area contributed by atoms with Crippen molar-refractivity contribution in [2.45, 2.75) is 33.0 Å².